The van der Waals surface area contributed by atoms with Crippen LogP contribution in [-0.2, 0) is 25.0 Å². The van der Waals surface area contributed by atoms with Crippen LogP contribution in [0.25, 0.3) is 11.1 Å². The summed E-state index contributed by atoms with van der Waals surface area (Å²) in [6.07, 6.45) is 0.918. The molecule has 1 aliphatic carbocycles. The average Bonchev–Trinajstić information content (AvgIpc) is 3.20. The van der Waals surface area contributed by atoms with E-state index in [1.165, 1.54) is 22.3 Å². The second-order valence-corrected chi connectivity index (χ2v) is 11.2. The molecule has 162 valence electrons. The van der Waals surface area contributed by atoms with Gasteiger partial charge in [0.1, 0.15) is 0 Å². The third-order valence-electron chi connectivity index (χ3n) is 7.99. The van der Waals surface area contributed by atoms with Crippen molar-refractivity contribution >= 4 is 25.2 Å². The van der Waals surface area contributed by atoms with Gasteiger partial charge in [0, 0.05) is 0 Å². The van der Waals surface area contributed by atoms with Crippen molar-refractivity contribution in [2.45, 2.75) is 84.2 Å². The summed E-state index contributed by atoms with van der Waals surface area (Å²) in [5.41, 5.74) is 5.98. The third kappa shape index (κ3) is 3.22. The Bertz CT molecular complexity index is 1030. The highest BCUT2D eigenvalue weighted by Gasteiger charge is 2.53. The van der Waals surface area contributed by atoms with Crippen LogP contribution in [-0.4, -0.2) is 36.6 Å². The zero-order valence-electron chi connectivity index (χ0n) is 20.0. The Morgan fingerprint density at radius 2 is 1.00 bits per heavy atom. The van der Waals surface area contributed by atoms with Gasteiger partial charge < -0.3 is 18.6 Å². The number of hydrogen-bond acceptors (Lipinski definition) is 4. The second-order valence-electron chi connectivity index (χ2n) is 11.2. The monoisotopic (exact) mass is 418 g/mol. The summed E-state index contributed by atoms with van der Waals surface area (Å²) in [5.74, 6) is 0. The lowest BCUT2D eigenvalue weighted by Gasteiger charge is -2.32. The molecule has 0 aromatic heterocycles. The standard InChI is InChI=1S/C25H32B2O4/c1-22(2)23(3,4)29-26(28-22)18-11-12-20-17(14-18)13-16-9-10-19(15-21(16)20)27-30-24(5,6)25(7,8)31-27/h9-12,14-15H,13H2,1-8H3. The van der Waals surface area contributed by atoms with E-state index in [0.717, 1.165) is 17.3 Å². The normalized spacial score (nSPS) is 24.4. The van der Waals surface area contributed by atoms with Crippen LogP contribution < -0.4 is 10.9 Å². The zero-order chi connectivity index (χ0) is 22.4. The fourth-order valence-electron chi connectivity index (χ4n) is 4.48. The van der Waals surface area contributed by atoms with Crippen LogP contribution in [0.2, 0.25) is 0 Å². The molecule has 0 radical (unpaired) electrons. The molecule has 5 rings (SSSR count). The first kappa shape index (κ1) is 21.3. The van der Waals surface area contributed by atoms with E-state index in [1.807, 2.05) is 0 Å². The van der Waals surface area contributed by atoms with Crippen molar-refractivity contribution in [1.29, 1.82) is 0 Å². The molecular weight excluding hydrogens is 386 g/mol. The highest BCUT2D eigenvalue weighted by atomic mass is 16.7. The van der Waals surface area contributed by atoms with Crippen molar-refractivity contribution in [2.75, 3.05) is 0 Å². The SMILES string of the molecule is CC1(C)OB(c2ccc3c(c2)Cc2ccc(B4OC(C)(C)C(C)(C)O4)cc2-3)OC1(C)C. The Kier molecular flexibility index (Phi) is 4.44. The Balaban J connectivity index is 1.43. The minimum Gasteiger partial charge on any atom is -0.399 e. The molecule has 2 heterocycles. The molecule has 2 saturated heterocycles. The van der Waals surface area contributed by atoms with Gasteiger partial charge >= 0.3 is 14.2 Å². The number of rotatable bonds is 2. The largest absolute Gasteiger partial charge is 0.494 e. The Morgan fingerprint density at radius 1 is 0.548 bits per heavy atom. The van der Waals surface area contributed by atoms with E-state index >= 15 is 0 Å². The Hall–Kier alpha value is -1.59. The van der Waals surface area contributed by atoms with Crippen molar-refractivity contribution in [1.82, 2.24) is 0 Å². The molecule has 0 atom stereocenters. The van der Waals surface area contributed by atoms with E-state index in [4.69, 9.17) is 18.6 Å². The Morgan fingerprint density at radius 3 is 1.52 bits per heavy atom. The van der Waals surface area contributed by atoms with Crippen molar-refractivity contribution in [3.05, 3.63) is 47.5 Å². The van der Waals surface area contributed by atoms with Gasteiger partial charge in [0.2, 0.25) is 0 Å². The lowest BCUT2D eigenvalue weighted by Crippen LogP contribution is -2.41. The maximum atomic E-state index is 6.27. The van der Waals surface area contributed by atoms with Gasteiger partial charge in [-0.3, -0.25) is 0 Å². The summed E-state index contributed by atoms with van der Waals surface area (Å²) in [4.78, 5) is 0. The van der Waals surface area contributed by atoms with Crippen LogP contribution in [0.5, 0.6) is 0 Å². The molecule has 0 saturated carbocycles. The van der Waals surface area contributed by atoms with Crippen molar-refractivity contribution in [3.63, 3.8) is 0 Å². The fourth-order valence-corrected chi connectivity index (χ4v) is 4.48. The van der Waals surface area contributed by atoms with Crippen LogP contribution in [0.4, 0.5) is 0 Å². The molecule has 3 aliphatic rings. The average molecular weight is 418 g/mol. The molecule has 2 fully saturated rings. The lowest BCUT2D eigenvalue weighted by molar-refractivity contribution is 0.00578. The number of hydrogen-bond donors (Lipinski definition) is 0. The maximum Gasteiger partial charge on any atom is 0.494 e. The molecule has 0 bridgehead atoms. The number of fused-ring (bicyclic) bond motifs is 3. The van der Waals surface area contributed by atoms with E-state index in [-0.39, 0.29) is 36.6 Å². The van der Waals surface area contributed by atoms with Crippen LogP contribution in [0.3, 0.4) is 0 Å². The quantitative estimate of drug-likeness (QED) is 0.593. The van der Waals surface area contributed by atoms with Gasteiger partial charge in [0.15, 0.2) is 0 Å². The van der Waals surface area contributed by atoms with Crippen molar-refractivity contribution < 1.29 is 18.6 Å². The van der Waals surface area contributed by atoms with E-state index < -0.39 is 0 Å². The first-order valence-electron chi connectivity index (χ1n) is 11.3. The van der Waals surface area contributed by atoms with Crippen molar-refractivity contribution in [2.24, 2.45) is 0 Å². The topological polar surface area (TPSA) is 36.9 Å². The molecular formula is C25H32B2O4. The van der Waals surface area contributed by atoms with E-state index in [1.54, 1.807) is 0 Å². The van der Waals surface area contributed by atoms with E-state index in [0.29, 0.717) is 0 Å². The van der Waals surface area contributed by atoms with Gasteiger partial charge in [0.05, 0.1) is 22.4 Å². The first-order chi connectivity index (χ1) is 14.3. The van der Waals surface area contributed by atoms with Crippen LogP contribution in [0, 0.1) is 0 Å². The second kappa shape index (κ2) is 6.48. The lowest BCUT2D eigenvalue weighted by atomic mass is 9.77. The molecule has 31 heavy (non-hydrogen) atoms. The summed E-state index contributed by atoms with van der Waals surface area (Å²) >= 11 is 0. The smallest absolute Gasteiger partial charge is 0.399 e. The van der Waals surface area contributed by atoms with Gasteiger partial charge in [-0.25, -0.2) is 0 Å². The minimum atomic E-state index is -0.344. The summed E-state index contributed by atoms with van der Waals surface area (Å²) < 4.78 is 25.1. The van der Waals surface area contributed by atoms with E-state index in [2.05, 4.69) is 91.8 Å². The summed E-state index contributed by atoms with van der Waals surface area (Å²) in [6.45, 7) is 16.7. The molecule has 0 amide bonds. The Labute approximate surface area is 186 Å². The first-order valence-corrected chi connectivity index (χ1v) is 11.3. The molecule has 0 spiro atoms. The zero-order valence-corrected chi connectivity index (χ0v) is 20.0. The molecule has 0 N–H and O–H groups in total. The van der Waals surface area contributed by atoms with Crippen molar-refractivity contribution in [3.8, 4) is 11.1 Å². The number of benzene rings is 2. The van der Waals surface area contributed by atoms with Crippen LogP contribution >= 0.6 is 0 Å². The molecule has 2 aromatic rings. The highest BCUT2D eigenvalue weighted by molar-refractivity contribution is 6.62. The molecule has 4 nitrogen and oxygen atoms in total. The maximum absolute atomic E-state index is 6.27. The molecule has 2 aromatic carbocycles. The van der Waals surface area contributed by atoms with Gasteiger partial charge in [-0.05, 0) is 95.0 Å². The highest BCUT2D eigenvalue weighted by Crippen LogP contribution is 2.40. The van der Waals surface area contributed by atoms with E-state index in [9.17, 15) is 0 Å². The summed E-state index contributed by atoms with van der Waals surface area (Å²) in [5, 5.41) is 0. The third-order valence-corrected chi connectivity index (χ3v) is 7.99. The molecule has 2 aliphatic heterocycles. The van der Waals surface area contributed by atoms with Gasteiger partial charge in [-0.15, -0.1) is 0 Å². The van der Waals surface area contributed by atoms with Crippen LogP contribution in [0.1, 0.15) is 66.5 Å². The van der Waals surface area contributed by atoms with Gasteiger partial charge in [-0.2, -0.15) is 0 Å². The predicted octanol–water partition coefficient (Wildman–Crippen LogP) is 3.86. The minimum absolute atomic E-state index is 0.334. The summed E-state index contributed by atoms with van der Waals surface area (Å²) in [6, 6.07) is 13.2. The predicted molar refractivity (Wildman–Crippen MR) is 126 cm³/mol. The van der Waals surface area contributed by atoms with Crippen LogP contribution in [0.15, 0.2) is 36.4 Å². The summed E-state index contributed by atoms with van der Waals surface area (Å²) in [7, 11) is -0.678. The molecule has 6 heteroatoms. The van der Waals surface area contributed by atoms with Gasteiger partial charge in [0.25, 0.3) is 0 Å². The molecule has 0 unspecified atom stereocenters. The fraction of sp³-hybridized carbons (Fsp3) is 0.520. The van der Waals surface area contributed by atoms with Gasteiger partial charge in [-0.1, -0.05) is 36.4 Å².